The van der Waals surface area contributed by atoms with Gasteiger partial charge < -0.3 is 20.3 Å². The van der Waals surface area contributed by atoms with Crippen molar-refractivity contribution in [3.8, 4) is 5.75 Å². The lowest BCUT2D eigenvalue weighted by molar-refractivity contribution is 0.225. The molecule has 6 nitrogen and oxygen atoms in total. The van der Waals surface area contributed by atoms with E-state index in [2.05, 4.69) is 19.8 Å². The number of aromatic nitrogens is 2. The molecule has 1 aromatic rings. The molecule has 0 spiro atoms. The van der Waals surface area contributed by atoms with Crippen molar-refractivity contribution in [3.05, 3.63) is 6.33 Å². The monoisotopic (exact) mass is 291 g/mol. The number of ether oxygens (including phenoxy) is 1. The van der Waals surface area contributed by atoms with Crippen LogP contribution in [0.2, 0.25) is 0 Å². The zero-order chi connectivity index (χ0) is 14.7. The molecule has 6 heteroatoms. The molecule has 0 amide bonds. The van der Waals surface area contributed by atoms with Gasteiger partial charge in [-0.15, -0.1) is 0 Å². The molecule has 116 valence electrons. The van der Waals surface area contributed by atoms with E-state index in [-0.39, 0.29) is 0 Å². The van der Waals surface area contributed by atoms with E-state index in [0.29, 0.717) is 11.6 Å². The van der Waals surface area contributed by atoms with E-state index in [4.69, 9.17) is 10.5 Å². The van der Waals surface area contributed by atoms with Crippen LogP contribution in [0.4, 0.5) is 11.6 Å². The van der Waals surface area contributed by atoms with Crippen LogP contribution in [0.1, 0.15) is 32.1 Å². The number of nitrogen functional groups attached to an aromatic ring is 1. The first kappa shape index (κ1) is 14.4. The summed E-state index contributed by atoms with van der Waals surface area (Å²) in [6.07, 6.45) is 7.89. The van der Waals surface area contributed by atoms with E-state index in [9.17, 15) is 0 Å². The molecule has 0 aromatic carbocycles. The zero-order valence-corrected chi connectivity index (χ0v) is 12.8. The smallest absolute Gasteiger partial charge is 0.204 e. The molecule has 2 saturated heterocycles. The molecule has 1 atom stereocenters. The number of hydrogen-bond acceptors (Lipinski definition) is 6. The first-order valence-electron chi connectivity index (χ1n) is 7.93. The third kappa shape index (κ3) is 3.05. The predicted molar refractivity (Wildman–Crippen MR) is 83.7 cm³/mol. The van der Waals surface area contributed by atoms with E-state index in [1.165, 1.54) is 51.5 Å². The molecular weight excluding hydrogens is 266 g/mol. The van der Waals surface area contributed by atoms with Gasteiger partial charge in [-0.2, -0.15) is 0 Å². The van der Waals surface area contributed by atoms with Crippen LogP contribution in [-0.4, -0.2) is 54.2 Å². The summed E-state index contributed by atoms with van der Waals surface area (Å²) >= 11 is 0. The summed E-state index contributed by atoms with van der Waals surface area (Å²) in [7, 11) is 1.63. The molecule has 0 aliphatic carbocycles. The van der Waals surface area contributed by atoms with Gasteiger partial charge in [-0.05, 0) is 45.2 Å². The Kier molecular flexibility index (Phi) is 4.43. The lowest BCUT2D eigenvalue weighted by atomic mass is 10.1. The largest absolute Gasteiger partial charge is 0.490 e. The van der Waals surface area contributed by atoms with Crippen LogP contribution >= 0.6 is 0 Å². The third-order valence-electron chi connectivity index (χ3n) is 4.67. The molecule has 2 fully saturated rings. The average Bonchev–Trinajstić information content (AvgIpc) is 2.92. The van der Waals surface area contributed by atoms with Gasteiger partial charge in [0.15, 0.2) is 11.6 Å². The zero-order valence-electron chi connectivity index (χ0n) is 12.8. The van der Waals surface area contributed by atoms with Gasteiger partial charge in [-0.3, -0.25) is 0 Å². The van der Waals surface area contributed by atoms with Crippen LogP contribution in [0, 0.1) is 0 Å². The van der Waals surface area contributed by atoms with Crippen molar-refractivity contribution in [1.82, 2.24) is 14.9 Å². The van der Waals surface area contributed by atoms with Gasteiger partial charge in [0, 0.05) is 19.1 Å². The topological polar surface area (TPSA) is 67.5 Å². The summed E-state index contributed by atoms with van der Waals surface area (Å²) in [5.41, 5.74) is 5.89. The van der Waals surface area contributed by atoms with Crippen LogP contribution < -0.4 is 15.4 Å². The summed E-state index contributed by atoms with van der Waals surface area (Å²) in [5.74, 6) is 1.87. The highest BCUT2D eigenvalue weighted by Crippen LogP contribution is 2.32. The molecule has 1 aromatic heterocycles. The number of methoxy groups -OCH3 is 1. The molecule has 0 bridgehead atoms. The van der Waals surface area contributed by atoms with Crippen molar-refractivity contribution < 1.29 is 4.74 Å². The quantitative estimate of drug-likeness (QED) is 0.911. The summed E-state index contributed by atoms with van der Waals surface area (Å²) in [5, 5.41) is 0. The highest BCUT2D eigenvalue weighted by atomic mass is 16.5. The fraction of sp³-hybridized carbons (Fsp3) is 0.733. The van der Waals surface area contributed by atoms with Gasteiger partial charge in [0.25, 0.3) is 0 Å². The van der Waals surface area contributed by atoms with Crippen molar-refractivity contribution in [2.75, 3.05) is 43.9 Å². The lowest BCUT2D eigenvalue weighted by Crippen LogP contribution is -2.34. The number of rotatable bonds is 3. The summed E-state index contributed by atoms with van der Waals surface area (Å²) in [4.78, 5) is 13.4. The molecule has 2 aliphatic heterocycles. The Labute approximate surface area is 126 Å². The van der Waals surface area contributed by atoms with Gasteiger partial charge in [-0.1, -0.05) is 0 Å². The Balaban J connectivity index is 1.71. The van der Waals surface area contributed by atoms with Crippen molar-refractivity contribution in [3.63, 3.8) is 0 Å². The van der Waals surface area contributed by atoms with Crippen LogP contribution in [-0.2, 0) is 0 Å². The maximum Gasteiger partial charge on any atom is 0.204 e. The average molecular weight is 291 g/mol. The van der Waals surface area contributed by atoms with Crippen molar-refractivity contribution >= 4 is 11.6 Å². The summed E-state index contributed by atoms with van der Waals surface area (Å²) in [6.45, 7) is 4.56. The highest BCUT2D eigenvalue weighted by Gasteiger charge is 2.26. The van der Waals surface area contributed by atoms with E-state index in [1.807, 2.05) is 0 Å². The van der Waals surface area contributed by atoms with Gasteiger partial charge in [0.05, 0.1) is 7.11 Å². The maximum absolute atomic E-state index is 5.89. The van der Waals surface area contributed by atoms with Crippen molar-refractivity contribution in [2.45, 2.75) is 38.1 Å². The fourth-order valence-corrected chi connectivity index (χ4v) is 3.56. The molecule has 2 aliphatic rings. The number of anilines is 2. The van der Waals surface area contributed by atoms with Crippen molar-refractivity contribution in [2.24, 2.45) is 0 Å². The van der Waals surface area contributed by atoms with Crippen LogP contribution in [0.3, 0.4) is 0 Å². The van der Waals surface area contributed by atoms with Gasteiger partial charge in [0.2, 0.25) is 5.75 Å². The number of nitrogens with zero attached hydrogens (tertiary/aromatic N) is 4. The van der Waals surface area contributed by atoms with E-state index in [0.717, 1.165) is 24.9 Å². The van der Waals surface area contributed by atoms with E-state index >= 15 is 0 Å². The van der Waals surface area contributed by atoms with E-state index < -0.39 is 0 Å². The Morgan fingerprint density at radius 3 is 2.67 bits per heavy atom. The first-order chi connectivity index (χ1) is 10.3. The number of hydrogen-bond donors (Lipinski definition) is 1. The third-order valence-corrected chi connectivity index (χ3v) is 4.67. The summed E-state index contributed by atoms with van der Waals surface area (Å²) < 4.78 is 5.39. The highest BCUT2D eigenvalue weighted by molar-refractivity contribution is 5.62. The molecule has 0 radical (unpaired) electrons. The second kappa shape index (κ2) is 6.47. The minimum Gasteiger partial charge on any atom is -0.490 e. The van der Waals surface area contributed by atoms with Gasteiger partial charge >= 0.3 is 0 Å². The molecular formula is C15H25N5O. The van der Waals surface area contributed by atoms with Crippen LogP contribution in [0.5, 0.6) is 5.75 Å². The van der Waals surface area contributed by atoms with Crippen molar-refractivity contribution in [1.29, 1.82) is 0 Å². The Bertz CT molecular complexity index is 475. The van der Waals surface area contributed by atoms with E-state index in [1.54, 1.807) is 7.11 Å². The molecule has 21 heavy (non-hydrogen) atoms. The maximum atomic E-state index is 5.89. The second-order valence-corrected chi connectivity index (χ2v) is 5.93. The molecule has 3 heterocycles. The standard InChI is InChI=1S/C15H25N5O/c1-21-13-14(16)17-11-18-15(13)20-9-4-5-12(6-10-20)19-7-2-3-8-19/h11-12H,2-10H2,1H3,(H2,16,17,18). The normalized spacial score (nSPS) is 24.0. The Morgan fingerprint density at radius 2 is 1.90 bits per heavy atom. The number of nitrogens with two attached hydrogens (primary N) is 1. The molecule has 1 unspecified atom stereocenters. The number of likely N-dealkylation sites (tertiary alicyclic amines) is 1. The minimum atomic E-state index is 0.419. The predicted octanol–water partition coefficient (Wildman–Crippen LogP) is 1.52. The lowest BCUT2D eigenvalue weighted by Gasteiger charge is -2.27. The molecule has 0 saturated carbocycles. The second-order valence-electron chi connectivity index (χ2n) is 5.93. The SMILES string of the molecule is COc1c(N)ncnc1N1CCCC(N2CCCC2)CC1. The van der Waals surface area contributed by atoms with Gasteiger partial charge in [-0.25, -0.2) is 9.97 Å². The molecule has 2 N–H and O–H groups in total. The first-order valence-corrected chi connectivity index (χ1v) is 7.93. The molecule has 3 rings (SSSR count). The minimum absolute atomic E-state index is 0.419. The fourth-order valence-electron chi connectivity index (χ4n) is 3.56. The van der Waals surface area contributed by atoms with Crippen LogP contribution in [0.15, 0.2) is 6.33 Å². The summed E-state index contributed by atoms with van der Waals surface area (Å²) in [6, 6.07) is 0.725. The van der Waals surface area contributed by atoms with Crippen LogP contribution in [0.25, 0.3) is 0 Å². The Hall–Kier alpha value is -1.56. The van der Waals surface area contributed by atoms with Gasteiger partial charge in [0.1, 0.15) is 6.33 Å². The Morgan fingerprint density at radius 1 is 1.10 bits per heavy atom.